The first-order valence-electron chi connectivity index (χ1n) is 8.89. The number of nitrogens with zero attached hydrogens (tertiary/aromatic N) is 4. The lowest BCUT2D eigenvalue weighted by atomic mass is 10.1. The van der Waals surface area contributed by atoms with Gasteiger partial charge < -0.3 is 9.84 Å². The van der Waals surface area contributed by atoms with Crippen LogP contribution in [0.3, 0.4) is 0 Å². The van der Waals surface area contributed by atoms with Gasteiger partial charge in [-0.05, 0) is 31.2 Å². The van der Waals surface area contributed by atoms with E-state index in [-0.39, 0.29) is 0 Å². The quantitative estimate of drug-likeness (QED) is 0.534. The normalized spacial score (nSPS) is 12.1. The number of rotatable bonds is 6. The lowest BCUT2D eigenvalue weighted by molar-refractivity contribution is 0.153. The molecule has 6 nitrogen and oxygen atoms in total. The molecule has 1 atom stereocenters. The zero-order valence-electron chi connectivity index (χ0n) is 15.6. The molecule has 0 fully saturated rings. The summed E-state index contributed by atoms with van der Waals surface area (Å²) in [5.74, 6) is 0.793. The number of aromatic nitrogens is 4. The van der Waals surface area contributed by atoms with Crippen LogP contribution in [0.1, 0.15) is 16.7 Å². The molecule has 4 aromatic rings. The second-order valence-electron chi connectivity index (χ2n) is 6.40. The van der Waals surface area contributed by atoms with E-state index in [2.05, 4.69) is 15.3 Å². The third-order valence-electron chi connectivity index (χ3n) is 4.44. The molecule has 7 heteroatoms. The molecule has 1 N–H and O–H groups in total. The molecule has 2 aromatic carbocycles. The van der Waals surface area contributed by atoms with Crippen LogP contribution in [-0.4, -0.2) is 32.2 Å². The van der Waals surface area contributed by atoms with E-state index in [1.807, 2.05) is 67.7 Å². The van der Waals surface area contributed by atoms with E-state index in [0.717, 1.165) is 38.1 Å². The predicted molar refractivity (Wildman–Crippen MR) is 109 cm³/mol. The summed E-state index contributed by atoms with van der Waals surface area (Å²) in [5.41, 5.74) is 3.59. The highest BCUT2D eigenvalue weighted by Gasteiger charge is 2.18. The van der Waals surface area contributed by atoms with Crippen molar-refractivity contribution in [1.29, 1.82) is 0 Å². The molecule has 0 bridgehead atoms. The van der Waals surface area contributed by atoms with Crippen molar-refractivity contribution in [2.24, 2.45) is 0 Å². The SMILES string of the molecule is COc1ccc(-c2cn(CC(O)c3sc(-c4ccccc4)nc3C)nn2)cc1. The summed E-state index contributed by atoms with van der Waals surface area (Å²) >= 11 is 1.51. The highest BCUT2D eigenvalue weighted by molar-refractivity contribution is 7.15. The Hall–Kier alpha value is -3.03. The Morgan fingerprint density at radius 2 is 1.82 bits per heavy atom. The van der Waals surface area contributed by atoms with Gasteiger partial charge in [0.05, 0.1) is 30.4 Å². The van der Waals surface area contributed by atoms with Crippen molar-refractivity contribution < 1.29 is 9.84 Å². The largest absolute Gasteiger partial charge is 0.497 e. The zero-order chi connectivity index (χ0) is 19.5. The third kappa shape index (κ3) is 3.81. The van der Waals surface area contributed by atoms with Crippen LogP contribution in [0.15, 0.2) is 60.8 Å². The Balaban J connectivity index is 1.50. The van der Waals surface area contributed by atoms with Gasteiger partial charge in [0.15, 0.2) is 0 Å². The van der Waals surface area contributed by atoms with Crippen LogP contribution in [-0.2, 0) is 6.54 Å². The number of aliphatic hydroxyl groups excluding tert-OH is 1. The number of aryl methyl sites for hydroxylation is 1. The Morgan fingerprint density at radius 3 is 2.54 bits per heavy atom. The Bertz CT molecular complexity index is 1060. The summed E-state index contributed by atoms with van der Waals surface area (Å²) in [6.45, 7) is 2.24. The smallest absolute Gasteiger partial charge is 0.123 e. The van der Waals surface area contributed by atoms with Crippen molar-refractivity contribution in [2.45, 2.75) is 19.6 Å². The molecule has 4 rings (SSSR count). The monoisotopic (exact) mass is 392 g/mol. The van der Waals surface area contributed by atoms with Gasteiger partial charge in [-0.2, -0.15) is 0 Å². The standard InChI is InChI=1S/C21H20N4O2S/c1-14-20(28-21(22-14)16-6-4-3-5-7-16)19(26)13-25-12-18(23-24-25)15-8-10-17(27-2)11-9-15/h3-12,19,26H,13H2,1-2H3. The first-order chi connectivity index (χ1) is 13.6. The molecule has 0 saturated heterocycles. The summed E-state index contributed by atoms with van der Waals surface area (Å²) in [5, 5.41) is 20.0. The predicted octanol–water partition coefficient (Wildman–Crippen LogP) is 4.12. The van der Waals surface area contributed by atoms with E-state index in [4.69, 9.17) is 4.74 Å². The van der Waals surface area contributed by atoms with Crippen LogP contribution in [0.25, 0.3) is 21.8 Å². The molecular weight excluding hydrogens is 372 g/mol. The highest BCUT2D eigenvalue weighted by atomic mass is 32.1. The molecule has 2 heterocycles. The number of thiazole rings is 1. The van der Waals surface area contributed by atoms with Crippen LogP contribution in [0.2, 0.25) is 0 Å². The Morgan fingerprint density at radius 1 is 1.07 bits per heavy atom. The number of methoxy groups -OCH3 is 1. The molecule has 0 aliphatic carbocycles. The van der Waals surface area contributed by atoms with Gasteiger partial charge in [0.1, 0.15) is 22.6 Å². The van der Waals surface area contributed by atoms with Gasteiger partial charge >= 0.3 is 0 Å². The average molecular weight is 392 g/mol. The van der Waals surface area contributed by atoms with E-state index in [0.29, 0.717) is 6.54 Å². The van der Waals surface area contributed by atoms with Crippen LogP contribution in [0.4, 0.5) is 0 Å². The Kier molecular flexibility index (Phi) is 5.18. The molecule has 0 radical (unpaired) electrons. The summed E-state index contributed by atoms with van der Waals surface area (Å²) < 4.78 is 6.84. The zero-order valence-corrected chi connectivity index (χ0v) is 16.4. The van der Waals surface area contributed by atoms with Crippen molar-refractivity contribution >= 4 is 11.3 Å². The maximum absolute atomic E-state index is 10.7. The molecule has 2 aromatic heterocycles. The highest BCUT2D eigenvalue weighted by Crippen LogP contribution is 2.32. The molecule has 0 aliphatic rings. The van der Waals surface area contributed by atoms with Gasteiger partial charge in [-0.3, -0.25) is 0 Å². The summed E-state index contributed by atoms with van der Waals surface area (Å²) in [4.78, 5) is 5.46. The van der Waals surface area contributed by atoms with E-state index in [1.165, 1.54) is 11.3 Å². The second kappa shape index (κ2) is 7.92. The van der Waals surface area contributed by atoms with Crippen LogP contribution in [0.5, 0.6) is 5.75 Å². The molecule has 0 spiro atoms. The fourth-order valence-corrected chi connectivity index (χ4v) is 4.01. The molecule has 0 saturated carbocycles. The maximum Gasteiger partial charge on any atom is 0.123 e. The second-order valence-corrected chi connectivity index (χ2v) is 7.44. The van der Waals surface area contributed by atoms with Gasteiger partial charge in [0.25, 0.3) is 0 Å². The number of hydrogen-bond donors (Lipinski definition) is 1. The fraction of sp³-hybridized carbons (Fsp3) is 0.190. The third-order valence-corrected chi connectivity index (χ3v) is 5.75. The molecule has 28 heavy (non-hydrogen) atoms. The summed E-state index contributed by atoms with van der Waals surface area (Å²) in [6.07, 6.45) is 1.14. The van der Waals surface area contributed by atoms with Crippen LogP contribution >= 0.6 is 11.3 Å². The maximum atomic E-state index is 10.7. The first kappa shape index (κ1) is 18.3. The number of ether oxygens (including phenoxy) is 1. The lowest BCUT2D eigenvalue weighted by Crippen LogP contribution is -2.09. The van der Waals surface area contributed by atoms with E-state index in [1.54, 1.807) is 11.8 Å². The number of hydrogen-bond acceptors (Lipinski definition) is 6. The first-order valence-corrected chi connectivity index (χ1v) is 9.71. The van der Waals surface area contributed by atoms with E-state index in [9.17, 15) is 5.11 Å². The molecule has 142 valence electrons. The minimum absolute atomic E-state index is 0.320. The van der Waals surface area contributed by atoms with Gasteiger partial charge in [0.2, 0.25) is 0 Å². The van der Waals surface area contributed by atoms with Gasteiger partial charge in [-0.15, -0.1) is 16.4 Å². The topological polar surface area (TPSA) is 73.1 Å². The molecular formula is C21H20N4O2S. The lowest BCUT2D eigenvalue weighted by Gasteiger charge is -2.08. The van der Waals surface area contributed by atoms with Crippen molar-refractivity contribution in [1.82, 2.24) is 20.0 Å². The minimum Gasteiger partial charge on any atom is -0.497 e. The number of benzene rings is 2. The molecule has 1 unspecified atom stereocenters. The Labute approximate surface area is 167 Å². The van der Waals surface area contributed by atoms with Crippen molar-refractivity contribution in [2.75, 3.05) is 7.11 Å². The average Bonchev–Trinajstić information content (AvgIpc) is 3.35. The van der Waals surface area contributed by atoms with Crippen molar-refractivity contribution in [3.05, 3.63) is 71.4 Å². The van der Waals surface area contributed by atoms with Gasteiger partial charge in [-0.25, -0.2) is 9.67 Å². The van der Waals surface area contributed by atoms with Crippen LogP contribution in [0, 0.1) is 6.92 Å². The van der Waals surface area contributed by atoms with Crippen molar-refractivity contribution in [3.8, 4) is 27.6 Å². The van der Waals surface area contributed by atoms with Crippen LogP contribution < -0.4 is 4.74 Å². The summed E-state index contributed by atoms with van der Waals surface area (Å²) in [7, 11) is 1.64. The van der Waals surface area contributed by atoms with E-state index >= 15 is 0 Å². The molecule has 0 amide bonds. The summed E-state index contributed by atoms with van der Waals surface area (Å²) in [6, 6.07) is 17.6. The van der Waals surface area contributed by atoms with E-state index < -0.39 is 6.10 Å². The van der Waals surface area contributed by atoms with Crippen molar-refractivity contribution in [3.63, 3.8) is 0 Å². The number of aliphatic hydroxyl groups is 1. The van der Waals surface area contributed by atoms with Gasteiger partial charge in [0, 0.05) is 11.1 Å². The molecule has 0 aliphatic heterocycles. The van der Waals surface area contributed by atoms with Gasteiger partial charge in [-0.1, -0.05) is 35.5 Å². The fourth-order valence-electron chi connectivity index (χ4n) is 2.96. The minimum atomic E-state index is -0.694.